The molecule has 7 heteroatoms. The van der Waals surface area contributed by atoms with Gasteiger partial charge in [0.25, 0.3) is 0 Å². The van der Waals surface area contributed by atoms with Gasteiger partial charge in [-0.15, -0.1) is 0 Å². The Hall–Kier alpha value is -1.82. The molecule has 1 heterocycles. The summed E-state index contributed by atoms with van der Waals surface area (Å²) in [6, 6.07) is 3.23. The predicted molar refractivity (Wildman–Crippen MR) is 65.2 cm³/mol. The molecule has 0 bridgehead atoms. The Labute approximate surface area is 103 Å². The third-order valence-corrected chi connectivity index (χ3v) is 2.41. The molecular weight excluding hydrogens is 242 g/mol. The lowest BCUT2D eigenvalue weighted by molar-refractivity contribution is 0.245. The number of hydrogen-bond donors (Lipinski definition) is 3. The summed E-state index contributed by atoms with van der Waals surface area (Å²) in [4.78, 5) is 19.2. The zero-order valence-corrected chi connectivity index (χ0v) is 9.74. The number of amides is 2. The second-order valence-corrected chi connectivity index (χ2v) is 4.09. The standard InChI is InChI=1S/C10H12ClN5O/c11-7-2-1-5-13-8(7)15-9(12)16-10(17)14-6-3-4-6/h1-2,5-6H,3-4H2,(H4,12,13,14,15,16,17). The maximum Gasteiger partial charge on any atom is 0.321 e. The lowest BCUT2D eigenvalue weighted by Crippen LogP contribution is -2.44. The number of carbonyl (C=O) groups is 1. The van der Waals surface area contributed by atoms with Gasteiger partial charge in [0.05, 0.1) is 5.02 Å². The van der Waals surface area contributed by atoms with Crippen LogP contribution < -0.4 is 16.4 Å². The van der Waals surface area contributed by atoms with Crippen LogP contribution in [0.1, 0.15) is 12.8 Å². The van der Waals surface area contributed by atoms with Gasteiger partial charge in [-0.25, -0.2) is 9.78 Å². The number of nitrogens with two attached hydrogens (primary N) is 1. The largest absolute Gasteiger partial charge is 0.369 e. The molecule has 1 aromatic rings. The Bertz CT molecular complexity index is 458. The maximum atomic E-state index is 11.3. The number of urea groups is 1. The van der Waals surface area contributed by atoms with Crippen molar-refractivity contribution < 1.29 is 4.79 Å². The molecule has 2 rings (SSSR count). The minimum absolute atomic E-state index is 0.0382. The monoisotopic (exact) mass is 253 g/mol. The molecule has 0 radical (unpaired) electrons. The van der Waals surface area contributed by atoms with Crippen LogP contribution in [-0.2, 0) is 0 Å². The van der Waals surface area contributed by atoms with Gasteiger partial charge in [-0.1, -0.05) is 11.6 Å². The summed E-state index contributed by atoms with van der Waals surface area (Å²) < 4.78 is 0. The van der Waals surface area contributed by atoms with Gasteiger partial charge in [0.1, 0.15) is 0 Å². The topological polar surface area (TPSA) is 92.4 Å². The summed E-state index contributed by atoms with van der Waals surface area (Å²) in [6.45, 7) is 0. The number of guanidine groups is 1. The molecule has 6 nitrogen and oxygen atoms in total. The summed E-state index contributed by atoms with van der Waals surface area (Å²) in [5, 5.41) is 5.50. The number of carbonyl (C=O) groups excluding carboxylic acids is 1. The minimum Gasteiger partial charge on any atom is -0.369 e. The summed E-state index contributed by atoms with van der Waals surface area (Å²) >= 11 is 5.85. The van der Waals surface area contributed by atoms with Crippen molar-refractivity contribution in [3.63, 3.8) is 0 Å². The zero-order chi connectivity index (χ0) is 12.3. The second-order valence-electron chi connectivity index (χ2n) is 3.68. The van der Waals surface area contributed by atoms with Crippen molar-refractivity contribution in [1.29, 1.82) is 0 Å². The molecular formula is C10H12ClN5O. The van der Waals surface area contributed by atoms with E-state index in [4.69, 9.17) is 17.3 Å². The number of hydrogen-bond acceptors (Lipinski definition) is 3. The van der Waals surface area contributed by atoms with Crippen molar-refractivity contribution in [2.75, 3.05) is 0 Å². The SMILES string of the molecule is N/C(=N\c1ncccc1Cl)NC(=O)NC1CC1. The van der Waals surface area contributed by atoms with Crippen molar-refractivity contribution in [3.8, 4) is 0 Å². The van der Waals surface area contributed by atoms with Gasteiger partial charge in [0.2, 0.25) is 5.96 Å². The first-order valence-corrected chi connectivity index (χ1v) is 5.55. The van der Waals surface area contributed by atoms with E-state index in [0.717, 1.165) is 12.8 Å². The summed E-state index contributed by atoms with van der Waals surface area (Å²) in [6.07, 6.45) is 3.56. The number of aromatic nitrogens is 1. The average molecular weight is 254 g/mol. The van der Waals surface area contributed by atoms with Crippen LogP contribution in [0.2, 0.25) is 5.02 Å². The van der Waals surface area contributed by atoms with Gasteiger partial charge < -0.3 is 11.1 Å². The van der Waals surface area contributed by atoms with Crippen molar-refractivity contribution in [2.24, 2.45) is 10.7 Å². The zero-order valence-electron chi connectivity index (χ0n) is 8.98. The molecule has 17 heavy (non-hydrogen) atoms. The molecule has 1 fully saturated rings. The van der Waals surface area contributed by atoms with Crippen molar-refractivity contribution in [1.82, 2.24) is 15.6 Å². The molecule has 2 amide bonds. The molecule has 0 atom stereocenters. The summed E-state index contributed by atoms with van der Waals surface area (Å²) in [7, 11) is 0. The minimum atomic E-state index is -0.360. The van der Waals surface area contributed by atoms with E-state index in [1.807, 2.05) is 0 Å². The maximum absolute atomic E-state index is 11.3. The first-order valence-electron chi connectivity index (χ1n) is 5.17. The molecule has 0 aliphatic heterocycles. The molecule has 90 valence electrons. The Morgan fingerprint density at radius 1 is 1.59 bits per heavy atom. The van der Waals surface area contributed by atoms with Crippen molar-refractivity contribution in [2.45, 2.75) is 18.9 Å². The third kappa shape index (κ3) is 3.60. The van der Waals surface area contributed by atoms with Crippen LogP contribution in [0.25, 0.3) is 0 Å². The highest BCUT2D eigenvalue weighted by molar-refractivity contribution is 6.32. The molecule has 0 saturated heterocycles. The van der Waals surface area contributed by atoms with Gasteiger partial charge >= 0.3 is 6.03 Å². The van der Waals surface area contributed by atoms with E-state index in [1.165, 1.54) is 0 Å². The smallest absolute Gasteiger partial charge is 0.321 e. The number of aliphatic imine (C=N–C) groups is 1. The molecule has 1 aliphatic carbocycles. The lowest BCUT2D eigenvalue weighted by Gasteiger charge is -2.05. The van der Waals surface area contributed by atoms with E-state index in [-0.39, 0.29) is 23.9 Å². The van der Waals surface area contributed by atoms with Gasteiger partial charge in [-0.3, -0.25) is 5.32 Å². The second kappa shape index (κ2) is 5.01. The van der Waals surface area contributed by atoms with E-state index in [9.17, 15) is 4.79 Å². The van der Waals surface area contributed by atoms with Crippen LogP contribution >= 0.6 is 11.6 Å². The van der Waals surface area contributed by atoms with Gasteiger partial charge in [-0.2, -0.15) is 4.99 Å². The summed E-state index contributed by atoms with van der Waals surface area (Å²) in [5.41, 5.74) is 5.55. The highest BCUT2D eigenvalue weighted by Crippen LogP contribution is 2.20. The molecule has 0 spiro atoms. The fraction of sp³-hybridized carbons (Fsp3) is 0.300. The van der Waals surface area contributed by atoms with Crippen molar-refractivity contribution >= 4 is 29.4 Å². The predicted octanol–water partition coefficient (Wildman–Crippen LogP) is 1.14. The first-order chi connectivity index (χ1) is 8.15. The number of rotatable bonds is 2. The fourth-order valence-corrected chi connectivity index (χ4v) is 1.33. The Kier molecular flexibility index (Phi) is 3.43. The van der Waals surface area contributed by atoms with Crippen LogP contribution in [-0.4, -0.2) is 23.0 Å². The molecule has 0 aromatic carbocycles. The van der Waals surface area contributed by atoms with E-state index < -0.39 is 0 Å². The van der Waals surface area contributed by atoms with Crippen molar-refractivity contribution in [3.05, 3.63) is 23.4 Å². The van der Waals surface area contributed by atoms with Crippen LogP contribution in [0.4, 0.5) is 10.6 Å². The number of pyridine rings is 1. The summed E-state index contributed by atoms with van der Waals surface area (Å²) in [5.74, 6) is 0.238. The highest BCUT2D eigenvalue weighted by Gasteiger charge is 2.23. The Balaban J connectivity index is 1.96. The van der Waals surface area contributed by atoms with E-state index in [2.05, 4.69) is 20.6 Å². The molecule has 0 unspecified atom stereocenters. The lowest BCUT2D eigenvalue weighted by atomic mass is 10.5. The Morgan fingerprint density at radius 3 is 3.00 bits per heavy atom. The van der Waals surface area contributed by atoms with Crippen LogP contribution in [0, 0.1) is 0 Å². The number of halogens is 1. The van der Waals surface area contributed by atoms with Crippen LogP contribution in [0.5, 0.6) is 0 Å². The van der Waals surface area contributed by atoms with Gasteiger partial charge in [0.15, 0.2) is 5.82 Å². The van der Waals surface area contributed by atoms with Crippen LogP contribution in [0.15, 0.2) is 23.3 Å². The molecule has 4 N–H and O–H groups in total. The van der Waals surface area contributed by atoms with Gasteiger partial charge in [0, 0.05) is 12.2 Å². The van der Waals surface area contributed by atoms with Gasteiger partial charge in [-0.05, 0) is 25.0 Å². The normalized spacial score (nSPS) is 15.5. The third-order valence-electron chi connectivity index (χ3n) is 2.12. The van der Waals surface area contributed by atoms with E-state index in [0.29, 0.717) is 5.02 Å². The van der Waals surface area contributed by atoms with Crippen LogP contribution in [0.3, 0.4) is 0 Å². The molecule has 1 saturated carbocycles. The van der Waals surface area contributed by atoms with E-state index >= 15 is 0 Å². The Morgan fingerprint density at radius 2 is 2.35 bits per heavy atom. The fourth-order valence-electron chi connectivity index (χ4n) is 1.17. The number of nitrogens with one attached hydrogen (secondary N) is 2. The number of nitrogens with zero attached hydrogens (tertiary/aromatic N) is 2. The average Bonchev–Trinajstić information content (AvgIpc) is 3.05. The molecule has 1 aromatic heterocycles. The highest BCUT2D eigenvalue weighted by atomic mass is 35.5. The van der Waals surface area contributed by atoms with E-state index in [1.54, 1.807) is 18.3 Å². The first kappa shape index (κ1) is 11.7. The quantitative estimate of drug-likeness (QED) is 0.545. The molecule has 1 aliphatic rings.